The summed E-state index contributed by atoms with van der Waals surface area (Å²) in [6.07, 6.45) is -0.383. The van der Waals surface area contributed by atoms with Gasteiger partial charge in [-0.3, -0.25) is 0 Å². The van der Waals surface area contributed by atoms with Crippen LogP contribution in [0.3, 0.4) is 0 Å². The van der Waals surface area contributed by atoms with Gasteiger partial charge in [0.2, 0.25) is 5.88 Å². The van der Waals surface area contributed by atoms with Crippen LogP contribution in [-0.4, -0.2) is 12.8 Å². The van der Waals surface area contributed by atoms with Crippen molar-refractivity contribution in [2.75, 3.05) is 6.61 Å². The normalized spacial score (nSPS) is 23.2. The van der Waals surface area contributed by atoms with Crippen LogP contribution in [-0.2, 0) is 11.3 Å². The second kappa shape index (κ2) is 10.1. The van der Waals surface area contributed by atoms with Gasteiger partial charge in [-0.2, -0.15) is 5.26 Å². The molecule has 0 saturated carbocycles. The second-order valence-electron chi connectivity index (χ2n) is 8.57. The quantitative estimate of drug-likeness (QED) is 0.476. The highest BCUT2D eigenvalue weighted by Gasteiger charge is 2.49. The molecule has 178 valence electrons. The molecule has 1 fully saturated rings. The van der Waals surface area contributed by atoms with Gasteiger partial charge in [-0.05, 0) is 35.7 Å². The van der Waals surface area contributed by atoms with Crippen LogP contribution < -0.4 is 26.1 Å². The van der Waals surface area contributed by atoms with E-state index >= 15 is 0 Å². The lowest BCUT2D eigenvalue weighted by atomic mass is 9.74. The molecule has 0 spiro atoms. The third-order valence-corrected chi connectivity index (χ3v) is 6.47. The summed E-state index contributed by atoms with van der Waals surface area (Å²) in [5, 5.41) is 10.0. The van der Waals surface area contributed by atoms with Gasteiger partial charge in [0, 0.05) is 11.8 Å². The van der Waals surface area contributed by atoms with Crippen LogP contribution >= 0.6 is 0 Å². The largest absolute Gasteiger partial charge is 0.490 e. The molecule has 3 aromatic carbocycles. The maximum atomic E-state index is 10.0. The molecular weight excluding hydrogens is 440 g/mol. The van der Waals surface area contributed by atoms with Gasteiger partial charge < -0.3 is 19.9 Å². The molecule has 2 aliphatic rings. The highest BCUT2D eigenvalue weighted by atomic mass is 16.5. The smallest absolute Gasteiger partial charge is 0.200 e. The van der Waals surface area contributed by atoms with Crippen molar-refractivity contribution in [3.8, 4) is 17.6 Å². The van der Waals surface area contributed by atoms with E-state index in [1.54, 1.807) is 0 Å². The fraction of sp³-hybridized carbons (Fsp3) is 0.250. The molecule has 4 unspecified atom stereocenters. The Balaban J connectivity index is 1.51. The van der Waals surface area contributed by atoms with Crippen molar-refractivity contribution in [1.82, 2.24) is 10.9 Å². The van der Waals surface area contributed by atoms with Crippen LogP contribution in [0.1, 0.15) is 35.6 Å². The Hall–Kier alpha value is -3.99. The van der Waals surface area contributed by atoms with Crippen molar-refractivity contribution in [3.63, 3.8) is 0 Å². The standard InChI is InChI=1S/C28H28N4O3/c1-2-33-23-15-20(13-14-22(23)34-17-18-9-5-3-6-10-18)24-21(16-29)27(30)35-28-25(24)26(31-32-28)19-11-7-4-8-12-19/h3-15,24-26,28,31-32H,2,17,30H2,1H3. The fourth-order valence-corrected chi connectivity index (χ4v) is 4.88. The molecule has 35 heavy (non-hydrogen) atoms. The minimum absolute atomic E-state index is 0.0767. The molecular formula is C28H28N4O3. The molecule has 7 nitrogen and oxygen atoms in total. The Morgan fingerprint density at radius 2 is 1.66 bits per heavy atom. The van der Waals surface area contributed by atoms with Gasteiger partial charge in [0.1, 0.15) is 12.7 Å². The van der Waals surface area contributed by atoms with Gasteiger partial charge in [0.05, 0.1) is 18.2 Å². The molecule has 2 heterocycles. The summed E-state index contributed by atoms with van der Waals surface area (Å²) in [4.78, 5) is 0. The van der Waals surface area contributed by atoms with Crippen molar-refractivity contribution < 1.29 is 14.2 Å². The fourth-order valence-electron chi connectivity index (χ4n) is 4.88. The predicted octanol–water partition coefficient (Wildman–Crippen LogP) is 4.26. The number of hydrazine groups is 1. The number of nitrogens with two attached hydrogens (primary N) is 1. The molecule has 1 saturated heterocycles. The van der Waals surface area contributed by atoms with E-state index in [0.29, 0.717) is 30.3 Å². The summed E-state index contributed by atoms with van der Waals surface area (Å²) in [5.41, 5.74) is 16.3. The van der Waals surface area contributed by atoms with E-state index in [-0.39, 0.29) is 30.0 Å². The van der Waals surface area contributed by atoms with Gasteiger partial charge in [0.25, 0.3) is 0 Å². The highest BCUT2D eigenvalue weighted by Crippen LogP contribution is 2.48. The number of allylic oxidation sites excluding steroid dienone is 1. The first kappa shape index (κ1) is 22.8. The first-order valence-electron chi connectivity index (χ1n) is 11.8. The van der Waals surface area contributed by atoms with Crippen LogP contribution in [0.5, 0.6) is 11.5 Å². The summed E-state index contributed by atoms with van der Waals surface area (Å²) < 4.78 is 18.0. The molecule has 2 aliphatic heterocycles. The van der Waals surface area contributed by atoms with Crippen molar-refractivity contribution >= 4 is 0 Å². The number of fused-ring (bicyclic) bond motifs is 1. The van der Waals surface area contributed by atoms with E-state index in [9.17, 15) is 5.26 Å². The van der Waals surface area contributed by atoms with Crippen LogP contribution in [0.2, 0.25) is 0 Å². The Morgan fingerprint density at radius 1 is 0.914 bits per heavy atom. The van der Waals surface area contributed by atoms with Gasteiger partial charge in [-0.25, -0.2) is 10.9 Å². The van der Waals surface area contributed by atoms with Crippen LogP contribution in [0, 0.1) is 17.2 Å². The Morgan fingerprint density at radius 3 is 2.37 bits per heavy atom. The van der Waals surface area contributed by atoms with Crippen molar-refractivity contribution in [2.45, 2.75) is 31.7 Å². The van der Waals surface area contributed by atoms with E-state index < -0.39 is 0 Å². The second-order valence-corrected chi connectivity index (χ2v) is 8.57. The van der Waals surface area contributed by atoms with Crippen LogP contribution in [0.4, 0.5) is 0 Å². The van der Waals surface area contributed by atoms with Crippen molar-refractivity contribution in [2.24, 2.45) is 11.7 Å². The van der Waals surface area contributed by atoms with Crippen LogP contribution in [0.15, 0.2) is 90.3 Å². The number of benzene rings is 3. The molecule has 0 amide bonds. The summed E-state index contributed by atoms with van der Waals surface area (Å²) in [6, 6.07) is 28.2. The summed E-state index contributed by atoms with van der Waals surface area (Å²) in [6.45, 7) is 2.86. The molecule has 0 radical (unpaired) electrons. The van der Waals surface area contributed by atoms with E-state index in [2.05, 4.69) is 29.1 Å². The Kier molecular flexibility index (Phi) is 6.57. The number of nitriles is 1. The summed E-state index contributed by atoms with van der Waals surface area (Å²) in [7, 11) is 0. The van der Waals surface area contributed by atoms with Crippen molar-refractivity contribution in [1.29, 1.82) is 5.26 Å². The highest BCUT2D eigenvalue weighted by molar-refractivity contribution is 5.49. The lowest BCUT2D eigenvalue weighted by Gasteiger charge is -2.36. The number of hydrogen-bond donors (Lipinski definition) is 3. The molecule has 0 aliphatic carbocycles. The average Bonchev–Trinajstić information content (AvgIpc) is 3.31. The van der Waals surface area contributed by atoms with E-state index in [4.69, 9.17) is 19.9 Å². The van der Waals surface area contributed by atoms with E-state index in [0.717, 1.165) is 16.7 Å². The number of nitrogens with zero attached hydrogens (tertiary/aromatic N) is 1. The Labute approximate surface area is 205 Å². The molecule has 4 N–H and O–H groups in total. The molecule has 0 bridgehead atoms. The maximum absolute atomic E-state index is 10.0. The van der Waals surface area contributed by atoms with E-state index in [1.807, 2.05) is 73.7 Å². The van der Waals surface area contributed by atoms with E-state index in [1.165, 1.54) is 0 Å². The third-order valence-electron chi connectivity index (χ3n) is 6.47. The molecule has 0 aromatic heterocycles. The van der Waals surface area contributed by atoms with Crippen molar-refractivity contribution in [3.05, 3.63) is 107 Å². The monoisotopic (exact) mass is 468 g/mol. The van der Waals surface area contributed by atoms with Gasteiger partial charge >= 0.3 is 0 Å². The third kappa shape index (κ3) is 4.54. The maximum Gasteiger partial charge on any atom is 0.200 e. The predicted molar refractivity (Wildman–Crippen MR) is 132 cm³/mol. The lowest BCUT2D eigenvalue weighted by molar-refractivity contribution is 0.0340. The first-order valence-corrected chi connectivity index (χ1v) is 11.8. The number of nitrogens with one attached hydrogen (secondary N) is 2. The number of ether oxygens (including phenoxy) is 3. The number of rotatable bonds is 7. The number of hydrogen-bond acceptors (Lipinski definition) is 7. The lowest BCUT2D eigenvalue weighted by Crippen LogP contribution is -2.41. The van der Waals surface area contributed by atoms with Gasteiger partial charge in [0.15, 0.2) is 17.7 Å². The molecule has 5 rings (SSSR count). The minimum Gasteiger partial charge on any atom is -0.490 e. The van der Waals surface area contributed by atoms with Gasteiger partial charge in [-0.15, -0.1) is 0 Å². The SMILES string of the molecule is CCOc1cc(C2C(C#N)=C(N)OC3NNC(c4ccccc4)C32)ccc1OCc1ccccc1. The minimum atomic E-state index is -0.383. The Bertz CT molecular complexity index is 1240. The van der Waals surface area contributed by atoms with Gasteiger partial charge in [-0.1, -0.05) is 66.7 Å². The average molecular weight is 469 g/mol. The summed E-state index contributed by atoms with van der Waals surface area (Å²) >= 11 is 0. The molecule has 3 aromatic rings. The van der Waals surface area contributed by atoms with Crippen LogP contribution in [0.25, 0.3) is 0 Å². The molecule has 7 heteroatoms. The zero-order chi connectivity index (χ0) is 24.2. The topological polar surface area (TPSA) is 102 Å². The first-order chi connectivity index (χ1) is 17.2. The zero-order valence-electron chi connectivity index (χ0n) is 19.5. The summed E-state index contributed by atoms with van der Waals surface area (Å²) in [5.74, 6) is 1.03. The zero-order valence-corrected chi connectivity index (χ0v) is 19.5. The molecule has 4 atom stereocenters.